The van der Waals surface area contributed by atoms with E-state index in [1.807, 2.05) is 12.1 Å². The topological polar surface area (TPSA) is 38.3 Å². The molecule has 0 amide bonds. The van der Waals surface area contributed by atoms with Crippen LogP contribution in [-0.4, -0.2) is 19.6 Å². The average molecular weight is 303 g/mol. The SMILES string of the molecule is COC(=O)Cc1ccc(CNCCCc2ccccc2)s1. The summed E-state index contributed by atoms with van der Waals surface area (Å²) in [4.78, 5) is 13.5. The Hall–Kier alpha value is -1.65. The van der Waals surface area contributed by atoms with Crippen molar-refractivity contribution in [3.05, 3.63) is 57.8 Å². The molecule has 0 atom stereocenters. The third-order valence-electron chi connectivity index (χ3n) is 3.22. The van der Waals surface area contributed by atoms with Crippen LogP contribution in [0, 0.1) is 0 Å². The number of aryl methyl sites for hydroxylation is 1. The second kappa shape index (κ2) is 8.60. The van der Waals surface area contributed by atoms with Crippen molar-refractivity contribution in [3.8, 4) is 0 Å². The molecule has 1 aromatic heterocycles. The smallest absolute Gasteiger partial charge is 0.310 e. The molecule has 0 bridgehead atoms. The van der Waals surface area contributed by atoms with Crippen LogP contribution in [0.5, 0.6) is 0 Å². The van der Waals surface area contributed by atoms with Gasteiger partial charge in [-0.3, -0.25) is 4.79 Å². The molecule has 2 aromatic rings. The van der Waals surface area contributed by atoms with Gasteiger partial charge >= 0.3 is 5.97 Å². The largest absolute Gasteiger partial charge is 0.469 e. The van der Waals surface area contributed by atoms with Crippen molar-refractivity contribution in [1.82, 2.24) is 5.32 Å². The first-order valence-electron chi connectivity index (χ1n) is 7.17. The highest BCUT2D eigenvalue weighted by Crippen LogP contribution is 2.17. The molecule has 0 saturated carbocycles. The minimum absolute atomic E-state index is 0.181. The number of ether oxygens (including phenoxy) is 1. The van der Waals surface area contributed by atoms with Crippen LogP contribution < -0.4 is 5.32 Å². The van der Waals surface area contributed by atoms with E-state index >= 15 is 0 Å². The van der Waals surface area contributed by atoms with Crippen molar-refractivity contribution in [1.29, 1.82) is 0 Å². The molecule has 0 aliphatic rings. The summed E-state index contributed by atoms with van der Waals surface area (Å²) in [6.07, 6.45) is 2.60. The first-order valence-corrected chi connectivity index (χ1v) is 7.98. The summed E-state index contributed by atoms with van der Waals surface area (Å²) < 4.78 is 4.67. The van der Waals surface area contributed by atoms with Crippen molar-refractivity contribution < 1.29 is 9.53 Å². The summed E-state index contributed by atoms with van der Waals surface area (Å²) in [6.45, 7) is 1.86. The van der Waals surface area contributed by atoms with Gasteiger partial charge in [0.2, 0.25) is 0 Å². The van der Waals surface area contributed by atoms with E-state index in [0.717, 1.165) is 30.8 Å². The molecule has 112 valence electrons. The summed E-state index contributed by atoms with van der Waals surface area (Å²) >= 11 is 1.67. The van der Waals surface area contributed by atoms with Crippen molar-refractivity contribution in [2.75, 3.05) is 13.7 Å². The Balaban J connectivity index is 1.63. The van der Waals surface area contributed by atoms with Crippen LogP contribution in [0.2, 0.25) is 0 Å². The fraction of sp³-hybridized carbons (Fsp3) is 0.353. The van der Waals surface area contributed by atoms with Gasteiger partial charge in [0.05, 0.1) is 13.5 Å². The second-order valence-electron chi connectivity index (χ2n) is 4.89. The lowest BCUT2D eigenvalue weighted by Crippen LogP contribution is -2.14. The van der Waals surface area contributed by atoms with Gasteiger partial charge in [0.1, 0.15) is 0 Å². The Kier molecular flexibility index (Phi) is 6.44. The fourth-order valence-electron chi connectivity index (χ4n) is 2.10. The lowest BCUT2D eigenvalue weighted by Gasteiger charge is -2.03. The van der Waals surface area contributed by atoms with Gasteiger partial charge in [0.15, 0.2) is 0 Å². The number of methoxy groups -OCH3 is 1. The van der Waals surface area contributed by atoms with Crippen LogP contribution in [0.3, 0.4) is 0 Å². The fourth-order valence-corrected chi connectivity index (χ4v) is 3.07. The number of hydrogen-bond donors (Lipinski definition) is 1. The molecule has 0 aliphatic carbocycles. The van der Waals surface area contributed by atoms with Crippen LogP contribution >= 0.6 is 11.3 Å². The number of benzene rings is 1. The standard InChI is InChI=1S/C17H21NO2S/c1-20-17(19)12-15-9-10-16(21-15)13-18-11-5-8-14-6-3-2-4-7-14/h2-4,6-7,9-10,18H,5,8,11-13H2,1H3. The van der Waals surface area contributed by atoms with E-state index < -0.39 is 0 Å². The molecule has 0 saturated heterocycles. The van der Waals surface area contributed by atoms with Gasteiger partial charge in [-0.1, -0.05) is 30.3 Å². The molecule has 1 N–H and O–H groups in total. The predicted molar refractivity (Wildman–Crippen MR) is 86.5 cm³/mol. The highest BCUT2D eigenvalue weighted by molar-refractivity contribution is 7.12. The predicted octanol–water partition coefficient (Wildman–Crippen LogP) is 3.19. The zero-order valence-electron chi connectivity index (χ0n) is 12.3. The highest BCUT2D eigenvalue weighted by atomic mass is 32.1. The average Bonchev–Trinajstić information content (AvgIpc) is 2.95. The summed E-state index contributed by atoms with van der Waals surface area (Å²) in [6, 6.07) is 14.6. The van der Waals surface area contributed by atoms with Crippen molar-refractivity contribution in [3.63, 3.8) is 0 Å². The maximum atomic E-state index is 11.2. The quantitative estimate of drug-likeness (QED) is 0.601. The third kappa shape index (κ3) is 5.69. The molecule has 21 heavy (non-hydrogen) atoms. The van der Waals surface area contributed by atoms with E-state index in [0.29, 0.717) is 6.42 Å². The normalized spacial score (nSPS) is 10.5. The molecular formula is C17H21NO2S. The molecule has 2 rings (SSSR count). The van der Waals surface area contributed by atoms with Crippen LogP contribution in [0.4, 0.5) is 0 Å². The second-order valence-corrected chi connectivity index (χ2v) is 6.14. The molecule has 0 unspecified atom stereocenters. The van der Waals surface area contributed by atoms with Gasteiger partial charge in [0, 0.05) is 16.3 Å². The minimum atomic E-state index is -0.181. The number of carbonyl (C=O) groups excluding carboxylic acids is 1. The minimum Gasteiger partial charge on any atom is -0.469 e. The van der Waals surface area contributed by atoms with Gasteiger partial charge in [-0.15, -0.1) is 11.3 Å². The molecule has 0 spiro atoms. The summed E-state index contributed by atoms with van der Waals surface area (Å²) in [7, 11) is 1.42. The van der Waals surface area contributed by atoms with Gasteiger partial charge in [-0.05, 0) is 37.1 Å². The molecule has 0 fully saturated rings. The zero-order chi connectivity index (χ0) is 14.9. The summed E-state index contributed by atoms with van der Waals surface area (Å²) in [5.74, 6) is -0.181. The van der Waals surface area contributed by atoms with Crippen LogP contribution in [0.1, 0.15) is 21.7 Å². The lowest BCUT2D eigenvalue weighted by molar-refractivity contribution is -0.139. The number of thiophene rings is 1. The number of hydrogen-bond acceptors (Lipinski definition) is 4. The first kappa shape index (κ1) is 15.7. The number of rotatable bonds is 8. The number of nitrogens with one attached hydrogen (secondary N) is 1. The molecule has 1 heterocycles. The molecule has 1 aromatic carbocycles. The van der Waals surface area contributed by atoms with Crippen molar-refractivity contribution in [2.24, 2.45) is 0 Å². The van der Waals surface area contributed by atoms with Crippen molar-refractivity contribution in [2.45, 2.75) is 25.8 Å². The van der Waals surface area contributed by atoms with Crippen molar-refractivity contribution >= 4 is 17.3 Å². The Bertz CT molecular complexity index is 551. The summed E-state index contributed by atoms with van der Waals surface area (Å²) in [5.41, 5.74) is 1.38. The molecule has 3 nitrogen and oxygen atoms in total. The van der Waals surface area contributed by atoms with E-state index in [1.54, 1.807) is 11.3 Å². The molecule has 0 aliphatic heterocycles. The summed E-state index contributed by atoms with van der Waals surface area (Å²) in [5, 5.41) is 3.45. The van der Waals surface area contributed by atoms with Gasteiger partial charge in [0.25, 0.3) is 0 Å². The van der Waals surface area contributed by atoms with E-state index in [9.17, 15) is 4.79 Å². The van der Waals surface area contributed by atoms with Gasteiger partial charge in [-0.2, -0.15) is 0 Å². The Morgan fingerprint density at radius 2 is 1.90 bits per heavy atom. The van der Waals surface area contributed by atoms with Crippen LogP contribution in [0.25, 0.3) is 0 Å². The number of carbonyl (C=O) groups is 1. The monoisotopic (exact) mass is 303 g/mol. The molecular weight excluding hydrogens is 282 g/mol. The zero-order valence-corrected chi connectivity index (χ0v) is 13.1. The van der Waals surface area contributed by atoms with Gasteiger partial charge in [-0.25, -0.2) is 0 Å². The van der Waals surface area contributed by atoms with Crippen LogP contribution in [0.15, 0.2) is 42.5 Å². The molecule has 0 radical (unpaired) electrons. The van der Waals surface area contributed by atoms with E-state index in [4.69, 9.17) is 0 Å². The van der Waals surface area contributed by atoms with E-state index in [-0.39, 0.29) is 5.97 Å². The van der Waals surface area contributed by atoms with E-state index in [2.05, 4.69) is 40.4 Å². The van der Waals surface area contributed by atoms with Gasteiger partial charge < -0.3 is 10.1 Å². The maximum absolute atomic E-state index is 11.2. The highest BCUT2D eigenvalue weighted by Gasteiger charge is 2.05. The number of esters is 1. The first-order chi connectivity index (χ1) is 10.3. The Morgan fingerprint density at radius 1 is 1.14 bits per heavy atom. The van der Waals surface area contributed by atoms with E-state index in [1.165, 1.54) is 17.6 Å². The Labute approximate surface area is 130 Å². The maximum Gasteiger partial charge on any atom is 0.310 e. The third-order valence-corrected chi connectivity index (χ3v) is 4.31. The lowest BCUT2D eigenvalue weighted by atomic mass is 10.1. The van der Waals surface area contributed by atoms with Crippen LogP contribution in [-0.2, 0) is 28.9 Å². The Morgan fingerprint density at radius 3 is 2.67 bits per heavy atom. The molecule has 4 heteroatoms.